The van der Waals surface area contributed by atoms with Crippen molar-refractivity contribution < 1.29 is 18.0 Å². The van der Waals surface area contributed by atoms with Gasteiger partial charge in [-0.3, -0.25) is 4.79 Å². The smallest absolute Gasteiger partial charge is 0.340 e. The Kier molecular flexibility index (Phi) is 5.55. The van der Waals surface area contributed by atoms with E-state index in [-0.39, 0.29) is 5.69 Å². The average Bonchev–Trinajstić information content (AvgIpc) is 3.31. The number of benzene rings is 3. The van der Waals surface area contributed by atoms with Crippen molar-refractivity contribution in [2.24, 2.45) is 5.10 Å². The van der Waals surface area contributed by atoms with Crippen LogP contribution in [0.3, 0.4) is 0 Å². The zero-order valence-corrected chi connectivity index (χ0v) is 19.2. The lowest BCUT2D eigenvalue weighted by atomic mass is 10.0. The number of nitrogens with zero attached hydrogens (tertiary/aromatic N) is 3. The van der Waals surface area contributed by atoms with E-state index in [1.807, 2.05) is 62.4 Å². The lowest BCUT2D eigenvalue weighted by Crippen LogP contribution is -2.25. The van der Waals surface area contributed by atoms with Gasteiger partial charge in [0.25, 0.3) is 5.91 Å². The van der Waals surface area contributed by atoms with Gasteiger partial charge < -0.3 is 4.57 Å². The van der Waals surface area contributed by atoms with Crippen LogP contribution in [0.25, 0.3) is 17.0 Å². The second-order valence-electron chi connectivity index (χ2n) is 8.50. The molecule has 0 fully saturated rings. The zero-order valence-electron chi connectivity index (χ0n) is 19.2. The van der Waals surface area contributed by atoms with E-state index >= 15 is 0 Å². The summed E-state index contributed by atoms with van der Waals surface area (Å²) in [6.45, 7) is 4.40. The summed E-state index contributed by atoms with van der Waals surface area (Å²) in [6.07, 6.45) is -3.44. The Balaban J connectivity index is 1.69. The molecule has 0 saturated heterocycles. The molecular formula is C28H22F3N3O. The highest BCUT2D eigenvalue weighted by Gasteiger charge is 2.47. The van der Waals surface area contributed by atoms with Crippen LogP contribution in [0.5, 0.6) is 0 Å². The number of amides is 1. The molecule has 0 radical (unpaired) electrons. The topological polar surface area (TPSA) is 37.6 Å². The molecule has 4 nitrogen and oxygen atoms in total. The summed E-state index contributed by atoms with van der Waals surface area (Å²) in [5, 5.41) is 5.30. The van der Waals surface area contributed by atoms with E-state index in [0.29, 0.717) is 12.1 Å². The van der Waals surface area contributed by atoms with Gasteiger partial charge in [-0.05, 0) is 43.2 Å². The van der Waals surface area contributed by atoms with Crippen LogP contribution in [-0.2, 0) is 11.3 Å². The molecule has 0 saturated carbocycles. The maximum absolute atomic E-state index is 14.0. The first-order valence-corrected chi connectivity index (χ1v) is 11.2. The van der Waals surface area contributed by atoms with Gasteiger partial charge in [0.15, 0.2) is 5.71 Å². The molecule has 1 aromatic heterocycles. The Labute approximate surface area is 200 Å². The Bertz CT molecular complexity index is 1480. The number of para-hydroxylation sites is 2. The largest absolute Gasteiger partial charge is 0.435 e. The fraction of sp³-hybridized carbons (Fsp3) is 0.143. The van der Waals surface area contributed by atoms with Crippen molar-refractivity contribution in [1.82, 2.24) is 4.57 Å². The second-order valence-corrected chi connectivity index (χ2v) is 8.50. The zero-order chi connectivity index (χ0) is 24.7. The fourth-order valence-corrected chi connectivity index (χ4v) is 4.53. The number of carbonyl (C=O) groups excluding carboxylic acids is 1. The minimum Gasteiger partial charge on any atom is -0.340 e. The van der Waals surface area contributed by atoms with Gasteiger partial charge in [0.05, 0.1) is 16.8 Å². The summed E-state index contributed by atoms with van der Waals surface area (Å²) in [5.41, 5.74) is 2.97. The number of halogens is 3. The Hall–Kier alpha value is -4.13. The summed E-state index contributed by atoms with van der Waals surface area (Å²) >= 11 is 0. The second kappa shape index (κ2) is 8.58. The number of fused-ring (bicyclic) bond motifs is 1. The molecule has 0 bridgehead atoms. The molecule has 35 heavy (non-hydrogen) atoms. The lowest BCUT2D eigenvalue weighted by Gasteiger charge is -2.11. The van der Waals surface area contributed by atoms with Gasteiger partial charge in [0.2, 0.25) is 0 Å². The van der Waals surface area contributed by atoms with Gasteiger partial charge in [-0.15, -0.1) is 0 Å². The molecule has 5 rings (SSSR count). The van der Waals surface area contributed by atoms with Crippen molar-refractivity contribution in [1.29, 1.82) is 0 Å². The first-order chi connectivity index (χ1) is 16.8. The fourth-order valence-electron chi connectivity index (χ4n) is 4.53. The number of aryl methyl sites for hydroxylation is 1. The summed E-state index contributed by atoms with van der Waals surface area (Å²) in [6, 6.07) is 23.7. The third kappa shape index (κ3) is 4.03. The first-order valence-electron chi connectivity index (χ1n) is 11.2. The van der Waals surface area contributed by atoms with Crippen LogP contribution in [0.4, 0.5) is 18.9 Å². The van der Waals surface area contributed by atoms with E-state index in [1.54, 1.807) is 30.3 Å². The molecule has 0 atom stereocenters. The molecule has 7 heteroatoms. The summed E-state index contributed by atoms with van der Waals surface area (Å²) in [7, 11) is 0. The normalized spacial score (nSPS) is 15.3. The van der Waals surface area contributed by atoms with Gasteiger partial charge in [-0.1, -0.05) is 66.7 Å². The Morgan fingerprint density at radius 1 is 0.886 bits per heavy atom. The molecule has 3 aromatic carbocycles. The van der Waals surface area contributed by atoms with E-state index in [4.69, 9.17) is 0 Å². The maximum Gasteiger partial charge on any atom is 0.435 e. The van der Waals surface area contributed by atoms with Crippen LogP contribution >= 0.6 is 0 Å². The number of hydrogen-bond donors (Lipinski definition) is 0. The molecule has 0 N–H and O–H groups in total. The Morgan fingerprint density at radius 2 is 1.54 bits per heavy atom. The SMILES string of the molecule is Cc1cccc2c(/C=C3/C(=O)N(c4ccccc4)N=C3C(F)(F)F)c(C)n(Cc3ccccc3)c12. The van der Waals surface area contributed by atoms with Crippen LogP contribution in [0, 0.1) is 13.8 Å². The van der Waals surface area contributed by atoms with Crippen LogP contribution in [-0.4, -0.2) is 22.4 Å². The molecule has 0 unspecified atom stereocenters. The number of carbonyl (C=O) groups is 1. The molecule has 4 aromatic rings. The van der Waals surface area contributed by atoms with Crippen LogP contribution < -0.4 is 5.01 Å². The minimum atomic E-state index is -4.78. The first kappa shape index (κ1) is 22.7. The molecular weight excluding hydrogens is 451 g/mol. The number of aromatic nitrogens is 1. The number of alkyl halides is 3. The van der Waals surface area contributed by atoms with Crippen LogP contribution in [0.1, 0.15) is 22.4 Å². The average molecular weight is 473 g/mol. The highest BCUT2D eigenvalue weighted by atomic mass is 19.4. The number of hydrogen-bond acceptors (Lipinski definition) is 2. The molecule has 1 amide bonds. The quantitative estimate of drug-likeness (QED) is 0.306. The Morgan fingerprint density at radius 3 is 2.20 bits per heavy atom. The van der Waals surface area contributed by atoms with Crippen molar-refractivity contribution in [3.63, 3.8) is 0 Å². The van der Waals surface area contributed by atoms with Crippen molar-refractivity contribution in [2.75, 3.05) is 5.01 Å². The van der Waals surface area contributed by atoms with Crippen LogP contribution in [0.2, 0.25) is 0 Å². The van der Waals surface area contributed by atoms with Gasteiger partial charge in [0, 0.05) is 23.2 Å². The predicted molar refractivity (Wildman–Crippen MR) is 132 cm³/mol. The maximum atomic E-state index is 14.0. The molecule has 2 heterocycles. The molecule has 0 aliphatic carbocycles. The van der Waals surface area contributed by atoms with E-state index in [9.17, 15) is 18.0 Å². The van der Waals surface area contributed by atoms with Crippen molar-refractivity contribution in [3.8, 4) is 0 Å². The third-order valence-corrected chi connectivity index (χ3v) is 6.21. The van der Waals surface area contributed by atoms with Crippen LogP contribution in [0.15, 0.2) is 89.5 Å². The van der Waals surface area contributed by atoms with Gasteiger partial charge in [-0.25, -0.2) is 0 Å². The summed E-state index contributed by atoms with van der Waals surface area (Å²) in [4.78, 5) is 13.2. The van der Waals surface area contributed by atoms with Crippen molar-refractivity contribution in [2.45, 2.75) is 26.6 Å². The van der Waals surface area contributed by atoms with E-state index in [0.717, 1.165) is 32.7 Å². The number of anilines is 1. The monoisotopic (exact) mass is 473 g/mol. The van der Waals surface area contributed by atoms with E-state index < -0.39 is 23.4 Å². The standard InChI is InChI=1S/C28H22F3N3O/c1-18-10-9-15-22-23(19(2)33(25(18)22)17-20-11-5-3-6-12-20)16-24-26(28(29,30)31)32-34(27(24)35)21-13-7-4-8-14-21/h3-16H,17H2,1-2H3/b24-16+. The lowest BCUT2D eigenvalue weighted by molar-refractivity contribution is -0.114. The van der Waals surface area contributed by atoms with Gasteiger partial charge in [-0.2, -0.15) is 23.3 Å². The highest BCUT2D eigenvalue weighted by Crippen LogP contribution is 2.36. The third-order valence-electron chi connectivity index (χ3n) is 6.21. The molecule has 1 aliphatic heterocycles. The van der Waals surface area contributed by atoms with E-state index in [2.05, 4.69) is 9.67 Å². The predicted octanol–water partition coefficient (Wildman–Crippen LogP) is 6.65. The summed E-state index contributed by atoms with van der Waals surface area (Å²) in [5.74, 6) is -0.806. The van der Waals surface area contributed by atoms with Crippen molar-refractivity contribution >= 4 is 34.3 Å². The minimum absolute atomic E-state index is 0.279. The molecule has 1 aliphatic rings. The highest BCUT2D eigenvalue weighted by molar-refractivity contribution is 6.34. The number of hydrazone groups is 1. The summed E-state index contributed by atoms with van der Waals surface area (Å²) < 4.78 is 44.1. The molecule has 176 valence electrons. The van der Waals surface area contributed by atoms with Gasteiger partial charge in [0.1, 0.15) is 0 Å². The van der Waals surface area contributed by atoms with E-state index in [1.165, 1.54) is 6.08 Å². The number of rotatable bonds is 4. The van der Waals surface area contributed by atoms with Gasteiger partial charge >= 0.3 is 6.18 Å². The van der Waals surface area contributed by atoms with Crippen molar-refractivity contribution in [3.05, 3.63) is 107 Å². The molecule has 0 spiro atoms.